The van der Waals surface area contributed by atoms with Crippen molar-refractivity contribution in [2.24, 2.45) is 5.41 Å². The molecule has 82 valence electrons. The van der Waals surface area contributed by atoms with Gasteiger partial charge in [0.05, 0.1) is 0 Å². The molecule has 0 spiro atoms. The Morgan fingerprint density at radius 1 is 1.33 bits per heavy atom. The summed E-state index contributed by atoms with van der Waals surface area (Å²) in [4.78, 5) is 0.734. The number of alkyl halides is 1. The molecule has 0 radical (unpaired) electrons. The molecule has 2 unspecified atom stereocenters. The van der Waals surface area contributed by atoms with Crippen molar-refractivity contribution in [2.75, 3.05) is 0 Å². The summed E-state index contributed by atoms with van der Waals surface area (Å²) in [5.41, 5.74) is 1.96. The molecular weight excluding hydrogens is 316 g/mol. The molecule has 15 heavy (non-hydrogen) atoms. The van der Waals surface area contributed by atoms with Gasteiger partial charge in [0.2, 0.25) is 0 Å². The third kappa shape index (κ3) is 3.07. The van der Waals surface area contributed by atoms with Gasteiger partial charge < -0.3 is 0 Å². The number of benzene rings is 1. The Bertz CT molecular complexity index is 331. The lowest BCUT2D eigenvalue weighted by atomic mass is 9.82. The van der Waals surface area contributed by atoms with E-state index in [4.69, 9.17) is 0 Å². The predicted octanol–water partition coefficient (Wildman–Crippen LogP) is 4.95. The summed E-state index contributed by atoms with van der Waals surface area (Å²) in [5.74, 6) is 0. The molecule has 0 saturated heterocycles. The van der Waals surface area contributed by atoms with Crippen molar-refractivity contribution in [3.63, 3.8) is 0 Å². The minimum atomic E-state index is 0.502. The second-order valence-corrected chi connectivity index (χ2v) is 7.16. The molecule has 0 amide bonds. The van der Waals surface area contributed by atoms with Crippen LogP contribution in [0.5, 0.6) is 0 Å². The number of halogens is 2. The normalized spacial score (nSPS) is 30.7. The molecule has 1 fully saturated rings. The maximum atomic E-state index is 3.73. The van der Waals surface area contributed by atoms with E-state index >= 15 is 0 Å². The van der Waals surface area contributed by atoms with Crippen molar-refractivity contribution in [2.45, 2.75) is 37.4 Å². The highest BCUT2D eigenvalue weighted by molar-refractivity contribution is 9.10. The Kier molecular flexibility index (Phi) is 3.56. The van der Waals surface area contributed by atoms with Gasteiger partial charge in [0.25, 0.3) is 0 Å². The average molecular weight is 332 g/mol. The number of rotatable bonds is 2. The fourth-order valence-electron chi connectivity index (χ4n) is 2.50. The van der Waals surface area contributed by atoms with E-state index in [2.05, 4.69) is 63.0 Å². The van der Waals surface area contributed by atoms with Gasteiger partial charge in [-0.2, -0.15) is 0 Å². The van der Waals surface area contributed by atoms with E-state index in [1.54, 1.807) is 0 Å². The Morgan fingerprint density at radius 2 is 2.00 bits per heavy atom. The van der Waals surface area contributed by atoms with Gasteiger partial charge in [-0.3, -0.25) is 0 Å². The van der Waals surface area contributed by atoms with E-state index in [1.165, 1.54) is 35.7 Å². The first-order valence-electron chi connectivity index (χ1n) is 5.46. The Balaban J connectivity index is 2.05. The monoisotopic (exact) mass is 330 g/mol. The van der Waals surface area contributed by atoms with Crippen molar-refractivity contribution >= 4 is 31.9 Å². The molecule has 1 aromatic rings. The topological polar surface area (TPSA) is 0 Å². The minimum absolute atomic E-state index is 0.502. The van der Waals surface area contributed by atoms with Crippen LogP contribution in [0.3, 0.4) is 0 Å². The van der Waals surface area contributed by atoms with Crippen LogP contribution in [-0.4, -0.2) is 4.83 Å². The van der Waals surface area contributed by atoms with Crippen LogP contribution in [0.1, 0.15) is 31.7 Å². The Morgan fingerprint density at radius 3 is 2.53 bits per heavy atom. The highest BCUT2D eigenvalue weighted by Crippen LogP contribution is 2.43. The summed E-state index contributed by atoms with van der Waals surface area (Å²) in [6.07, 6.45) is 5.19. The molecule has 0 aromatic heterocycles. The van der Waals surface area contributed by atoms with Crippen LogP contribution in [0.4, 0.5) is 0 Å². The van der Waals surface area contributed by atoms with Crippen molar-refractivity contribution in [1.29, 1.82) is 0 Å². The van der Waals surface area contributed by atoms with Crippen LogP contribution in [-0.2, 0) is 6.42 Å². The average Bonchev–Trinajstić information content (AvgIpc) is 2.50. The van der Waals surface area contributed by atoms with Crippen LogP contribution in [0.15, 0.2) is 28.7 Å². The molecule has 1 aliphatic rings. The second-order valence-electron chi connectivity index (χ2n) is 4.95. The van der Waals surface area contributed by atoms with Gasteiger partial charge in [0.1, 0.15) is 0 Å². The summed E-state index contributed by atoms with van der Waals surface area (Å²) in [6.45, 7) is 2.41. The molecule has 0 nitrogen and oxygen atoms in total. The maximum Gasteiger partial charge on any atom is 0.0175 e. The number of hydrogen-bond donors (Lipinski definition) is 0. The predicted molar refractivity (Wildman–Crippen MR) is 72.5 cm³/mol. The molecule has 0 bridgehead atoms. The van der Waals surface area contributed by atoms with Gasteiger partial charge in [0, 0.05) is 9.30 Å². The van der Waals surface area contributed by atoms with Gasteiger partial charge in [-0.05, 0) is 48.8 Å². The van der Waals surface area contributed by atoms with Gasteiger partial charge in [-0.25, -0.2) is 0 Å². The fraction of sp³-hybridized carbons (Fsp3) is 0.538. The van der Waals surface area contributed by atoms with E-state index in [0.29, 0.717) is 5.41 Å². The maximum absolute atomic E-state index is 3.73. The Hall–Kier alpha value is 0.180. The smallest absolute Gasteiger partial charge is 0.0175 e. The van der Waals surface area contributed by atoms with Crippen molar-refractivity contribution < 1.29 is 0 Å². The lowest BCUT2D eigenvalue weighted by molar-refractivity contribution is 0.336. The molecule has 2 atom stereocenters. The highest BCUT2D eigenvalue weighted by Gasteiger charge is 2.33. The summed E-state index contributed by atoms with van der Waals surface area (Å²) in [6, 6.07) is 8.74. The van der Waals surface area contributed by atoms with Crippen molar-refractivity contribution in [1.82, 2.24) is 0 Å². The van der Waals surface area contributed by atoms with E-state index in [1.807, 2.05) is 0 Å². The summed E-state index contributed by atoms with van der Waals surface area (Å²) in [7, 11) is 0. The largest absolute Gasteiger partial charge is 0.0890 e. The van der Waals surface area contributed by atoms with Crippen LogP contribution < -0.4 is 0 Å². The lowest BCUT2D eigenvalue weighted by Gasteiger charge is -2.23. The van der Waals surface area contributed by atoms with Gasteiger partial charge in [-0.15, -0.1) is 0 Å². The fourth-order valence-corrected chi connectivity index (χ4v) is 3.77. The first-order chi connectivity index (χ1) is 7.07. The zero-order valence-corrected chi connectivity index (χ0v) is 12.1. The molecule has 0 aliphatic heterocycles. The second kappa shape index (κ2) is 4.58. The molecule has 2 rings (SSSR count). The van der Waals surface area contributed by atoms with Crippen molar-refractivity contribution in [3.8, 4) is 0 Å². The van der Waals surface area contributed by atoms with Crippen LogP contribution in [0.2, 0.25) is 0 Å². The van der Waals surface area contributed by atoms with Crippen LogP contribution in [0.25, 0.3) is 0 Å². The van der Waals surface area contributed by atoms with Crippen LogP contribution in [0, 0.1) is 5.41 Å². The first-order valence-corrected chi connectivity index (χ1v) is 7.17. The Labute approximate surface area is 109 Å². The highest BCUT2D eigenvalue weighted by atomic mass is 79.9. The third-order valence-electron chi connectivity index (χ3n) is 3.32. The molecule has 1 aliphatic carbocycles. The zero-order chi connectivity index (χ0) is 10.9. The SMILES string of the molecule is CC1(Cc2ccc(Br)cc2)CCC(Br)C1. The molecule has 1 aromatic carbocycles. The zero-order valence-electron chi connectivity index (χ0n) is 8.97. The van der Waals surface area contributed by atoms with E-state index in [0.717, 1.165) is 4.83 Å². The molecular formula is C13H16Br2. The van der Waals surface area contributed by atoms with Crippen molar-refractivity contribution in [3.05, 3.63) is 34.3 Å². The molecule has 0 N–H and O–H groups in total. The summed E-state index contributed by atoms with van der Waals surface area (Å²) in [5, 5.41) is 0. The van der Waals surface area contributed by atoms with E-state index in [9.17, 15) is 0 Å². The van der Waals surface area contributed by atoms with E-state index in [-0.39, 0.29) is 0 Å². The molecule has 2 heteroatoms. The first kappa shape index (κ1) is 11.7. The van der Waals surface area contributed by atoms with Crippen LogP contribution >= 0.6 is 31.9 Å². The molecule has 0 heterocycles. The summed E-state index contributed by atoms with van der Waals surface area (Å²) >= 11 is 7.20. The minimum Gasteiger partial charge on any atom is -0.0890 e. The lowest BCUT2D eigenvalue weighted by Crippen LogP contribution is -2.15. The van der Waals surface area contributed by atoms with Gasteiger partial charge in [0.15, 0.2) is 0 Å². The molecule has 1 saturated carbocycles. The van der Waals surface area contributed by atoms with Gasteiger partial charge >= 0.3 is 0 Å². The quantitative estimate of drug-likeness (QED) is 0.673. The summed E-state index contributed by atoms with van der Waals surface area (Å²) < 4.78 is 1.17. The number of hydrogen-bond acceptors (Lipinski definition) is 0. The van der Waals surface area contributed by atoms with Gasteiger partial charge in [-0.1, -0.05) is 50.9 Å². The van der Waals surface area contributed by atoms with E-state index < -0.39 is 0 Å². The standard InChI is InChI=1S/C13H16Br2/c1-13(7-6-12(15)9-13)8-10-2-4-11(14)5-3-10/h2-5,12H,6-9H2,1H3. The third-order valence-corrected chi connectivity index (χ3v) is 4.63.